The minimum absolute atomic E-state index is 0.0137. The van der Waals surface area contributed by atoms with Gasteiger partial charge in [0.1, 0.15) is 5.52 Å². The number of nitrogen functional groups attached to an aromatic ring is 1. The molecule has 4 N–H and O–H groups in total. The van der Waals surface area contributed by atoms with E-state index < -0.39 is 6.41 Å². The molecule has 2 aromatic heterocycles. The minimum atomic E-state index is -1.29. The van der Waals surface area contributed by atoms with Crippen LogP contribution >= 0.6 is 12.6 Å². The summed E-state index contributed by atoms with van der Waals surface area (Å²) >= 11 is 4.21. The van der Waals surface area contributed by atoms with E-state index in [1.54, 1.807) is 0 Å². The monoisotopic (exact) mass is 299 g/mol. The fourth-order valence-electron chi connectivity index (χ4n) is 1.82. The van der Waals surface area contributed by atoms with E-state index in [9.17, 15) is 5.11 Å². The molecule has 1 unspecified atom stereocenters. The molecule has 1 atom stereocenters. The molecule has 2 rings (SSSR count). The molecule has 0 aliphatic carbocycles. The van der Waals surface area contributed by atoms with Gasteiger partial charge in [-0.1, -0.05) is 6.92 Å². The van der Waals surface area contributed by atoms with Gasteiger partial charge in [0, 0.05) is 6.61 Å². The summed E-state index contributed by atoms with van der Waals surface area (Å²) in [5.74, 6) is 0.103. The second-order valence-corrected chi connectivity index (χ2v) is 4.51. The SMILES string of the molecule is CCc1nc(N)nc2c1nc(S)n2C(O)OCCCO. The average Bonchev–Trinajstić information content (AvgIpc) is 2.74. The van der Waals surface area contributed by atoms with Crippen molar-refractivity contribution in [3.63, 3.8) is 0 Å². The van der Waals surface area contributed by atoms with Crippen LogP contribution < -0.4 is 5.73 Å². The van der Waals surface area contributed by atoms with Gasteiger partial charge < -0.3 is 20.7 Å². The molecular weight excluding hydrogens is 282 g/mol. The van der Waals surface area contributed by atoms with Crippen LogP contribution in [0.1, 0.15) is 25.5 Å². The fourth-order valence-corrected chi connectivity index (χ4v) is 2.11. The van der Waals surface area contributed by atoms with E-state index in [0.717, 1.165) is 0 Å². The van der Waals surface area contributed by atoms with Crippen molar-refractivity contribution in [1.29, 1.82) is 0 Å². The molecule has 0 aliphatic rings. The highest BCUT2D eigenvalue weighted by molar-refractivity contribution is 7.80. The normalized spacial score (nSPS) is 13.0. The number of thiol groups is 1. The molecule has 0 radical (unpaired) electrons. The first kappa shape index (κ1) is 15.0. The van der Waals surface area contributed by atoms with E-state index in [-0.39, 0.29) is 24.3 Å². The maximum Gasteiger partial charge on any atom is 0.245 e. The molecular formula is C11H17N5O3S. The Kier molecular flexibility index (Phi) is 4.76. The Balaban J connectivity index is 2.42. The largest absolute Gasteiger partial charge is 0.396 e. The third-order valence-corrected chi connectivity index (χ3v) is 3.05. The molecule has 0 aromatic carbocycles. The summed E-state index contributed by atoms with van der Waals surface area (Å²) in [5, 5.41) is 19.0. The van der Waals surface area contributed by atoms with Crippen LogP contribution in [0.2, 0.25) is 0 Å². The van der Waals surface area contributed by atoms with Gasteiger partial charge in [0.15, 0.2) is 10.8 Å². The van der Waals surface area contributed by atoms with E-state index >= 15 is 0 Å². The number of nitrogens with zero attached hydrogens (tertiary/aromatic N) is 4. The first-order valence-corrected chi connectivity index (χ1v) is 6.67. The lowest BCUT2D eigenvalue weighted by molar-refractivity contribution is -0.156. The van der Waals surface area contributed by atoms with Gasteiger partial charge in [-0.2, -0.15) is 4.98 Å². The number of anilines is 1. The van der Waals surface area contributed by atoms with Crippen molar-refractivity contribution in [2.75, 3.05) is 18.9 Å². The molecule has 110 valence electrons. The molecule has 0 saturated carbocycles. The van der Waals surface area contributed by atoms with Gasteiger partial charge in [0.2, 0.25) is 12.4 Å². The van der Waals surface area contributed by atoms with E-state index in [1.807, 2.05) is 6.92 Å². The van der Waals surface area contributed by atoms with Gasteiger partial charge in [0.05, 0.1) is 12.3 Å². The van der Waals surface area contributed by atoms with Crippen molar-refractivity contribution in [2.45, 2.75) is 31.3 Å². The molecule has 9 heteroatoms. The van der Waals surface area contributed by atoms with Crippen LogP contribution in [0.4, 0.5) is 5.95 Å². The van der Waals surface area contributed by atoms with Gasteiger partial charge in [-0.05, 0) is 12.8 Å². The number of fused-ring (bicyclic) bond motifs is 1. The predicted octanol–water partition coefficient (Wildman–Crippen LogP) is 0.107. The second kappa shape index (κ2) is 6.35. The molecule has 0 saturated heterocycles. The Labute approximate surface area is 121 Å². The van der Waals surface area contributed by atoms with Gasteiger partial charge in [-0.3, -0.25) is 4.57 Å². The van der Waals surface area contributed by atoms with Gasteiger partial charge in [-0.25, -0.2) is 9.97 Å². The summed E-state index contributed by atoms with van der Waals surface area (Å²) in [4.78, 5) is 12.4. The van der Waals surface area contributed by atoms with E-state index in [0.29, 0.717) is 29.7 Å². The van der Waals surface area contributed by atoms with Crippen LogP contribution in [0.15, 0.2) is 5.16 Å². The summed E-state index contributed by atoms with van der Waals surface area (Å²) in [6.45, 7) is 2.11. The maximum atomic E-state index is 10.0. The predicted molar refractivity (Wildman–Crippen MR) is 75.3 cm³/mol. The number of rotatable bonds is 6. The Morgan fingerprint density at radius 2 is 2.15 bits per heavy atom. The van der Waals surface area contributed by atoms with Crippen LogP contribution in [-0.4, -0.2) is 42.9 Å². The first-order valence-electron chi connectivity index (χ1n) is 6.22. The van der Waals surface area contributed by atoms with Crippen molar-refractivity contribution >= 4 is 29.7 Å². The molecule has 20 heavy (non-hydrogen) atoms. The molecule has 0 amide bonds. The van der Waals surface area contributed by atoms with E-state index in [1.165, 1.54) is 4.57 Å². The number of aliphatic hydroxyl groups is 2. The van der Waals surface area contributed by atoms with Crippen molar-refractivity contribution in [1.82, 2.24) is 19.5 Å². The number of ether oxygens (including phenoxy) is 1. The molecule has 0 fully saturated rings. The summed E-state index contributed by atoms with van der Waals surface area (Å²) in [5.41, 5.74) is 7.25. The standard InChI is InChI=1S/C11H17N5O3S/c1-2-6-7-8(15-9(12)13-6)16(10(20)14-7)11(18)19-5-3-4-17/h11,17-18H,2-5H2,1H3,(H,14,20)(H2,12,13,15). The quantitative estimate of drug-likeness (QED) is 0.339. The number of aryl methyl sites for hydroxylation is 1. The number of hydrogen-bond acceptors (Lipinski definition) is 8. The van der Waals surface area contributed by atoms with Crippen LogP contribution in [0.25, 0.3) is 11.2 Å². The number of nitrogens with two attached hydrogens (primary N) is 1. The zero-order chi connectivity index (χ0) is 14.7. The molecule has 0 bridgehead atoms. The lowest BCUT2D eigenvalue weighted by Crippen LogP contribution is -2.15. The zero-order valence-electron chi connectivity index (χ0n) is 11.0. The maximum absolute atomic E-state index is 10.0. The minimum Gasteiger partial charge on any atom is -0.396 e. The fraction of sp³-hybridized carbons (Fsp3) is 0.545. The average molecular weight is 299 g/mol. The summed E-state index contributed by atoms with van der Waals surface area (Å²) in [6, 6.07) is 0. The van der Waals surface area contributed by atoms with Gasteiger partial charge >= 0.3 is 0 Å². The molecule has 0 spiro atoms. The Morgan fingerprint density at radius 3 is 2.80 bits per heavy atom. The first-order chi connectivity index (χ1) is 9.58. The van der Waals surface area contributed by atoms with E-state index in [2.05, 4.69) is 27.6 Å². The third-order valence-electron chi connectivity index (χ3n) is 2.74. The Bertz CT molecular complexity index is 603. The van der Waals surface area contributed by atoms with Gasteiger partial charge in [-0.15, -0.1) is 12.6 Å². The van der Waals surface area contributed by atoms with E-state index in [4.69, 9.17) is 15.6 Å². The van der Waals surface area contributed by atoms with Crippen molar-refractivity contribution < 1.29 is 14.9 Å². The molecule has 8 nitrogen and oxygen atoms in total. The molecule has 2 aromatic rings. The Morgan fingerprint density at radius 1 is 1.40 bits per heavy atom. The van der Waals surface area contributed by atoms with Crippen molar-refractivity contribution in [3.05, 3.63) is 5.69 Å². The zero-order valence-corrected chi connectivity index (χ0v) is 11.9. The van der Waals surface area contributed by atoms with Crippen molar-refractivity contribution in [3.8, 4) is 0 Å². The number of aromatic nitrogens is 4. The highest BCUT2D eigenvalue weighted by atomic mass is 32.1. The van der Waals surface area contributed by atoms with Crippen LogP contribution in [0.5, 0.6) is 0 Å². The van der Waals surface area contributed by atoms with Crippen molar-refractivity contribution in [2.24, 2.45) is 0 Å². The van der Waals surface area contributed by atoms with Crippen LogP contribution in [0, 0.1) is 0 Å². The number of hydrogen-bond donors (Lipinski definition) is 4. The Hall–Kier alpha value is -1.42. The lowest BCUT2D eigenvalue weighted by atomic mass is 10.3. The lowest BCUT2D eigenvalue weighted by Gasteiger charge is -2.14. The number of imidazole rings is 1. The smallest absolute Gasteiger partial charge is 0.245 e. The van der Waals surface area contributed by atoms with Gasteiger partial charge in [0.25, 0.3) is 0 Å². The second-order valence-electron chi connectivity index (χ2n) is 4.11. The van der Waals surface area contributed by atoms with Crippen LogP contribution in [0.3, 0.4) is 0 Å². The summed E-state index contributed by atoms with van der Waals surface area (Å²) in [7, 11) is 0. The highest BCUT2D eigenvalue weighted by Crippen LogP contribution is 2.24. The summed E-state index contributed by atoms with van der Waals surface area (Å²) < 4.78 is 6.52. The highest BCUT2D eigenvalue weighted by Gasteiger charge is 2.20. The molecule has 2 heterocycles. The van der Waals surface area contributed by atoms with Crippen LogP contribution in [-0.2, 0) is 11.2 Å². The summed E-state index contributed by atoms with van der Waals surface area (Å²) in [6.07, 6.45) is -0.240. The molecule has 0 aliphatic heterocycles. The topological polar surface area (TPSA) is 119 Å². The third kappa shape index (κ3) is 2.85. The number of aliphatic hydroxyl groups excluding tert-OH is 2.